The highest BCUT2D eigenvalue weighted by Crippen LogP contribution is 2.26. The Balaban J connectivity index is 2.75. The molecule has 2 atom stereocenters. The molecule has 88 valence electrons. The first kappa shape index (κ1) is 12.7. The molecular weight excluding hydrogens is 204 g/mol. The second kappa shape index (κ2) is 6.28. The Morgan fingerprint density at radius 3 is 2.44 bits per heavy atom. The number of hydrogen-bond donors (Lipinski definition) is 2. The van der Waals surface area contributed by atoms with Gasteiger partial charge in [-0.15, -0.1) is 0 Å². The van der Waals surface area contributed by atoms with Crippen LogP contribution in [-0.2, 0) is 4.79 Å². The fourth-order valence-corrected chi connectivity index (χ4v) is 1.72. The van der Waals surface area contributed by atoms with Crippen LogP contribution in [0.4, 0.5) is 0 Å². The number of rotatable bonds is 6. The highest BCUT2D eigenvalue weighted by atomic mass is 16.4. The first-order valence-corrected chi connectivity index (χ1v) is 5.62. The molecule has 0 heterocycles. The van der Waals surface area contributed by atoms with E-state index in [2.05, 4.69) is 0 Å². The Hall–Kier alpha value is -1.35. The summed E-state index contributed by atoms with van der Waals surface area (Å²) in [6.45, 7) is 2.01. The first-order chi connectivity index (χ1) is 7.66. The van der Waals surface area contributed by atoms with Crippen molar-refractivity contribution < 1.29 is 15.0 Å². The number of carboxylic acid groups (broad SMARTS) is 1. The highest BCUT2D eigenvalue weighted by Gasteiger charge is 2.26. The van der Waals surface area contributed by atoms with Crippen molar-refractivity contribution >= 4 is 5.97 Å². The largest absolute Gasteiger partial charge is 0.481 e. The van der Waals surface area contributed by atoms with Gasteiger partial charge in [0.25, 0.3) is 0 Å². The van der Waals surface area contributed by atoms with Crippen LogP contribution < -0.4 is 0 Å². The van der Waals surface area contributed by atoms with E-state index in [1.54, 1.807) is 24.3 Å². The number of carbonyl (C=O) groups is 1. The molecule has 2 N–H and O–H groups in total. The van der Waals surface area contributed by atoms with Crippen LogP contribution in [0, 0.1) is 5.92 Å². The molecule has 0 aliphatic carbocycles. The number of hydrogen-bond acceptors (Lipinski definition) is 2. The van der Waals surface area contributed by atoms with Crippen LogP contribution in [0.1, 0.15) is 37.9 Å². The lowest BCUT2D eigenvalue weighted by Gasteiger charge is -2.19. The summed E-state index contributed by atoms with van der Waals surface area (Å²) in [5.41, 5.74) is 0.672. The van der Waals surface area contributed by atoms with Crippen molar-refractivity contribution in [3.63, 3.8) is 0 Å². The van der Waals surface area contributed by atoms with Gasteiger partial charge < -0.3 is 10.2 Å². The normalized spacial score (nSPS) is 14.4. The van der Waals surface area contributed by atoms with Crippen LogP contribution in [0.15, 0.2) is 30.3 Å². The summed E-state index contributed by atoms with van der Waals surface area (Å²) in [6.07, 6.45) is 1.36. The molecule has 3 heteroatoms. The van der Waals surface area contributed by atoms with Crippen molar-refractivity contribution in [3.05, 3.63) is 35.9 Å². The molecule has 0 saturated heterocycles. The molecule has 16 heavy (non-hydrogen) atoms. The zero-order chi connectivity index (χ0) is 12.0. The van der Waals surface area contributed by atoms with Gasteiger partial charge in [-0.3, -0.25) is 4.79 Å². The van der Waals surface area contributed by atoms with E-state index in [-0.39, 0.29) is 0 Å². The summed E-state index contributed by atoms with van der Waals surface area (Å²) in [7, 11) is 0. The molecule has 1 aromatic rings. The van der Waals surface area contributed by atoms with Gasteiger partial charge in [0.1, 0.15) is 0 Å². The van der Waals surface area contributed by atoms with Gasteiger partial charge in [0.2, 0.25) is 0 Å². The van der Waals surface area contributed by atoms with E-state index in [0.717, 1.165) is 12.8 Å². The van der Waals surface area contributed by atoms with E-state index in [0.29, 0.717) is 12.0 Å². The molecular formula is C13H18O3. The Kier molecular flexibility index (Phi) is 4.99. The van der Waals surface area contributed by atoms with Crippen molar-refractivity contribution in [3.8, 4) is 0 Å². The number of aliphatic hydroxyl groups is 1. The number of carboxylic acids is 1. The highest BCUT2D eigenvalue weighted by molar-refractivity contribution is 5.71. The Bertz CT molecular complexity index is 321. The van der Waals surface area contributed by atoms with E-state index >= 15 is 0 Å². The maximum atomic E-state index is 11.1. The number of unbranched alkanes of at least 4 members (excludes halogenated alkanes) is 1. The minimum Gasteiger partial charge on any atom is -0.481 e. The van der Waals surface area contributed by atoms with Crippen molar-refractivity contribution in [2.45, 2.75) is 32.3 Å². The molecule has 3 nitrogen and oxygen atoms in total. The van der Waals surface area contributed by atoms with Gasteiger partial charge in [-0.2, -0.15) is 0 Å². The zero-order valence-electron chi connectivity index (χ0n) is 9.47. The first-order valence-electron chi connectivity index (χ1n) is 5.62. The quantitative estimate of drug-likeness (QED) is 0.777. The lowest BCUT2D eigenvalue weighted by atomic mass is 9.91. The molecule has 0 saturated carbocycles. The third-order valence-corrected chi connectivity index (χ3v) is 2.71. The number of aliphatic hydroxyl groups excluding tert-OH is 1. The molecule has 0 aliphatic rings. The van der Waals surface area contributed by atoms with E-state index in [4.69, 9.17) is 5.11 Å². The van der Waals surface area contributed by atoms with Crippen molar-refractivity contribution in [2.75, 3.05) is 0 Å². The molecule has 1 rings (SSSR count). The SMILES string of the molecule is CCCCC(C(=O)O)C(O)c1ccccc1. The van der Waals surface area contributed by atoms with Gasteiger partial charge in [0.05, 0.1) is 12.0 Å². The lowest BCUT2D eigenvalue weighted by molar-refractivity contribution is -0.146. The van der Waals surface area contributed by atoms with Gasteiger partial charge in [-0.05, 0) is 12.0 Å². The van der Waals surface area contributed by atoms with Gasteiger partial charge in [-0.25, -0.2) is 0 Å². The van der Waals surface area contributed by atoms with Gasteiger partial charge >= 0.3 is 5.97 Å². The van der Waals surface area contributed by atoms with Crippen LogP contribution in [0.3, 0.4) is 0 Å². The summed E-state index contributed by atoms with van der Waals surface area (Å²) in [5.74, 6) is -1.63. The molecule has 0 aromatic heterocycles. The van der Waals surface area contributed by atoms with Crippen molar-refractivity contribution in [1.82, 2.24) is 0 Å². The number of aliphatic carboxylic acids is 1. The van der Waals surface area contributed by atoms with Crippen molar-refractivity contribution in [1.29, 1.82) is 0 Å². The standard InChI is InChI=1S/C13H18O3/c1-2-3-9-11(13(15)16)12(14)10-7-5-4-6-8-10/h4-8,11-12,14H,2-3,9H2,1H3,(H,15,16). The van der Waals surface area contributed by atoms with Crippen LogP contribution in [0.5, 0.6) is 0 Å². The third-order valence-electron chi connectivity index (χ3n) is 2.71. The molecule has 0 aliphatic heterocycles. The topological polar surface area (TPSA) is 57.5 Å². The van der Waals surface area contributed by atoms with Crippen LogP contribution in [0.25, 0.3) is 0 Å². The maximum absolute atomic E-state index is 11.1. The fraction of sp³-hybridized carbons (Fsp3) is 0.462. The predicted molar refractivity (Wildman–Crippen MR) is 62.1 cm³/mol. The average molecular weight is 222 g/mol. The fourth-order valence-electron chi connectivity index (χ4n) is 1.72. The molecule has 0 fully saturated rings. The zero-order valence-corrected chi connectivity index (χ0v) is 9.47. The molecule has 1 aromatic carbocycles. The van der Waals surface area contributed by atoms with Crippen LogP contribution in [0.2, 0.25) is 0 Å². The van der Waals surface area contributed by atoms with E-state index < -0.39 is 18.0 Å². The molecule has 0 bridgehead atoms. The summed E-state index contributed by atoms with van der Waals surface area (Å²) in [4.78, 5) is 11.1. The van der Waals surface area contributed by atoms with Gasteiger partial charge in [-0.1, -0.05) is 50.1 Å². The van der Waals surface area contributed by atoms with Crippen LogP contribution >= 0.6 is 0 Å². The average Bonchev–Trinajstić information content (AvgIpc) is 2.30. The molecule has 0 amide bonds. The monoisotopic (exact) mass is 222 g/mol. The smallest absolute Gasteiger partial charge is 0.309 e. The van der Waals surface area contributed by atoms with E-state index in [1.165, 1.54) is 0 Å². The summed E-state index contributed by atoms with van der Waals surface area (Å²) < 4.78 is 0. The summed E-state index contributed by atoms with van der Waals surface area (Å²) in [6, 6.07) is 8.96. The second-order valence-electron chi connectivity index (χ2n) is 3.94. The van der Waals surface area contributed by atoms with E-state index in [1.807, 2.05) is 13.0 Å². The maximum Gasteiger partial charge on any atom is 0.309 e. The van der Waals surface area contributed by atoms with Gasteiger partial charge in [0, 0.05) is 0 Å². The van der Waals surface area contributed by atoms with Crippen molar-refractivity contribution in [2.24, 2.45) is 5.92 Å². The van der Waals surface area contributed by atoms with Gasteiger partial charge in [0.15, 0.2) is 0 Å². The molecule has 0 radical (unpaired) electrons. The lowest BCUT2D eigenvalue weighted by Crippen LogP contribution is -2.22. The minimum atomic E-state index is -0.926. The second-order valence-corrected chi connectivity index (χ2v) is 3.94. The predicted octanol–water partition coefficient (Wildman–Crippen LogP) is 2.61. The summed E-state index contributed by atoms with van der Waals surface area (Å²) >= 11 is 0. The summed E-state index contributed by atoms with van der Waals surface area (Å²) in [5, 5.41) is 19.1. The third kappa shape index (κ3) is 3.35. The molecule has 2 unspecified atom stereocenters. The Morgan fingerprint density at radius 2 is 1.94 bits per heavy atom. The molecule has 0 spiro atoms. The van der Waals surface area contributed by atoms with E-state index in [9.17, 15) is 9.90 Å². The Morgan fingerprint density at radius 1 is 1.31 bits per heavy atom. The number of benzene rings is 1. The van der Waals surface area contributed by atoms with Crippen LogP contribution in [-0.4, -0.2) is 16.2 Å². The Labute approximate surface area is 95.7 Å². The minimum absolute atomic E-state index is 0.516.